The SMILES string of the molecule is O=C(Nc1ccc(-c2ccccc2)cc1)c1cccc2nc3ccccc3nc12. The molecule has 0 saturated carbocycles. The average Bonchev–Trinajstić information content (AvgIpc) is 2.78. The average molecular weight is 375 g/mol. The maximum atomic E-state index is 12.9. The van der Waals surface area contributed by atoms with Gasteiger partial charge in [0.25, 0.3) is 5.91 Å². The Kier molecular flexibility index (Phi) is 4.22. The van der Waals surface area contributed by atoms with Gasteiger partial charge in [-0.2, -0.15) is 0 Å². The Bertz CT molecular complexity index is 1330. The molecule has 4 aromatic carbocycles. The number of aromatic nitrogens is 2. The Labute approximate surface area is 167 Å². The number of para-hydroxylation sites is 3. The van der Waals surface area contributed by atoms with Crippen molar-refractivity contribution in [1.82, 2.24) is 9.97 Å². The Morgan fingerprint density at radius 3 is 1.97 bits per heavy atom. The molecule has 4 nitrogen and oxygen atoms in total. The minimum atomic E-state index is -0.201. The minimum absolute atomic E-state index is 0.201. The van der Waals surface area contributed by atoms with Gasteiger partial charge in [0.1, 0.15) is 5.52 Å². The van der Waals surface area contributed by atoms with Crippen molar-refractivity contribution in [2.24, 2.45) is 0 Å². The van der Waals surface area contributed by atoms with Crippen LogP contribution in [0.1, 0.15) is 10.4 Å². The van der Waals surface area contributed by atoms with Crippen molar-refractivity contribution in [2.75, 3.05) is 5.32 Å². The summed E-state index contributed by atoms with van der Waals surface area (Å²) in [6.07, 6.45) is 0. The third-order valence-electron chi connectivity index (χ3n) is 4.86. The largest absolute Gasteiger partial charge is 0.322 e. The van der Waals surface area contributed by atoms with E-state index in [1.54, 1.807) is 6.07 Å². The van der Waals surface area contributed by atoms with Gasteiger partial charge in [-0.3, -0.25) is 4.79 Å². The Morgan fingerprint density at radius 2 is 1.21 bits per heavy atom. The van der Waals surface area contributed by atoms with Gasteiger partial charge in [-0.15, -0.1) is 0 Å². The molecule has 5 rings (SSSR count). The molecule has 0 aliphatic carbocycles. The lowest BCUT2D eigenvalue weighted by molar-refractivity contribution is 0.102. The third kappa shape index (κ3) is 3.32. The number of amides is 1. The lowest BCUT2D eigenvalue weighted by atomic mass is 10.1. The highest BCUT2D eigenvalue weighted by Gasteiger charge is 2.13. The summed E-state index contributed by atoms with van der Waals surface area (Å²) in [6.45, 7) is 0. The fourth-order valence-electron chi connectivity index (χ4n) is 3.40. The second-order valence-electron chi connectivity index (χ2n) is 6.78. The molecule has 4 heteroatoms. The van der Waals surface area contributed by atoms with E-state index in [2.05, 4.69) is 27.4 Å². The molecule has 0 saturated heterocycles. The number of hydrogen-bond acceptors (Lipinski definition) is 3. The first-order valence-corrected chi connectivity index (χ1v) is 9.40. The molecule has 5 aromatic rings. The fourth-order valence-corrected chi connectivity index (χ4v) is 3.40. The number of carbonyl (C=O) groups is 1. The van der Waals surface area contributed by atoms with Gasteiger partial charge in [0, 0.05) is 5.69 Å². The molecular weight excluding hydrogens is 358 g/mol. The molecule has 0 aliphatic heterocycles. The lowest BCUT2D eigenvalue weighted by Crippen LogP contribution is -2.13. The molecular formula is C25H17N3O. The van der Waals surface area contributed by atoms with Crippen LogP contribution in [0.25, 0.3) is 33.2 Å². The van der Waals surface area contributed by atoms with Gasteiger partial charge in [-0.25, -0.2) is 9.97 Å². The third-order valence-corrected chi connectivity index (χ3v) is 4.86. The summed E-state index contributed by atoms with van der Waals surface area (Å²) >= 11 is 0. The quantitative estimate of drug-likeness (QED) is 0.411. The molecule has 0 atom stereocenters. The fraction of sp³-hybridized carbons (Fsp3) is 0. The van der Waals surface area contributed by atoms with Crippen molar-refractivity contribution in [3.8, 4) is 11.1 Å². The van der Waals surface area contributed by atoms with E-state index in [9.17, 15) is 4.79 Å². The van der Waals surface area contributed by atoms with Crippen LogP contribution in [0.15, 0.2) is 97.1 Å². The van der Waals surface area contributed by atoms with Gasteiger partial charge in [-0.1, -0.05) is 60.7 Å². The van der Waals surface area contributed by atoms with Crippen LogP contribution >= 0.6 is 0 Å². The molecule has 0 spiro atoms. The van der Waals surface area contributed by atoms with Crippen LogP contribution in [0.4, 0.5) is 5.69 Å². The van der Waals surface area contributed by atoms with E-state index in [1.165, 1.54) is 0 Å². The first-order valence-electron chi connectivity index (χ1n) is 9.40. The van der Waals surface area contributed by atoms with E-state index in [4.69, 9.17) is 0 Å². The standard InChI is InChI=1S/C25H17N3O/c29-25(26-19-15-13-18(14-16-19)17-7-2-1-3-8-17)20-9-6-12-23-24(20)28-22-11-5-4-10-21(22)27-23/h1-16H,(H,26,29). The molecule has 1 heterocycles. The van der Waals surface area contributed by atoms with E-state index in [1.807, 2.05) is 78.9 Å². The number of fused-ring (bicyclic) bond motifs is 2. The number of carbonyl (C=O) groups excluding carboxylic acids is 1. The number of benzene rings is 4. The molecule has 0 aliphatic rings. The van der Waals surface area contributed by atoms with Crippen molar-refractivity contribution in [2.45, 2.75) is 0 Å². The van der Waals surface area contributed by atoms with Crippen LogP contribution in [0.5, 0.6) is 0 Å². The van der Waals surface area contributed by atoms with E-state index in [0.717, 1.165) is 27.8 Å². The zero-order valence-corrected chi connectivity index (χ0v) is 15.5. The highest BCUT2D eigenvalue weighted by Crippen LogP contribution is 2.23. The molecule has 138 valence electrons. The van der Waals surface area contributed by atoms with Gasteiger partial charge >= 0.3 is 0 Å². The summed E-state index contributed by atoms with van der Waals surface area (Å²) in [7, 11) is 0. The van der Waals surface area contributed by atoms with Crippen molar-refractivity contribution >= 4 is 33.7 Å². The number of nitrogens with zero attached hydrogens (tertiary/aromatic N) is 2. The first-order chi connectivity index (χ1) is 14.3. The Hall–Kier alpha value is -4.05. The molecule has 0 unspecified atom stereocenters. The first kappa shape index (κ1) is 17.1. The van der Waals surface area contributed by atoms with Crippen LogP contribution in [0.3, 0.4) is 0 Å². The van der Waals surface area contributed by atoms with Gasteiger partial charge in [0.2, 0.25) is 0 Å². The van der Waals surface area contributed by atoms with Crippen LogP contribution in [0.2, 0.25) is 0 Å². The number of nitrogens with one attached hydrogen (secondary N) is 1. The van der Waals surface area contributed by atoms with Gasteiger partial charge in [-0.05, 0) is 47.5 Å². The highest BCUT2D eigenvalue weighted by atomic mass is 16.1. The van der Waals surface area contributed by atoms with E-state index in [0.29, 0.717) is 16.6 Å². The predicted octanol–water partition coefficient (Wildman–Crippen LogP) is 5.70. The van der Waals surface area contributed by atoms with Crippen molar-refractivity contribution in [3.63, 3.8) is 0 Å². The van der Waals surface area contributed by atoms with Gasteiger partial charge in [0.05, 0.1) is 22.1 Å². The molecule has 1 amide bonds. The van der Waals surface area contributed by atoms with Crippen molar-refractivity contribution in [1.29, 1.82) is 0 Å². The van der Waals surface area contributed by atoms with Crippen molar-refractivity contribution in [3.05, 3.63) is 103 Å². The van der Waals surface area contributed by atoms with Crippen LogP contribution in [0, 0.1) is 0 Å². The normalized spacial score (nSPS) is 10.9. The smallest absolute Gasteiger partial charge is 0.257 e. The Morgan fingerprint density at radius 1 is 0.586 bits per heavy atom. The number of hydrogen-bond donors (Lipinski definition) is 1. The monoisotopic (exact) mass is 375 g/mol. The van der Waals surface area contributed by atoms with Crippen LogP contribution in [-0.4, -0.2) is 15.9 Å². The maximum absolute atomic E-state index is 12.9. The van der Waals surface area contributed by atoms with Crippen LogP contribution in [-0.2, 0) is 0 Å². The maximum Gasteiger partial charge on any atom is 0.257 e. The summed E-state index contributed by atoms with van der Waals surface area (Å²) in [5.74, 6) is -0.201. The number of anilines is 1. The van der Waals surface area contributed by atoms with E-state index in [-0.39, 0.29) is 5.91 Å². The molecule has 0 bridgehead atoms. The van der Waals surface area contributed by atoms with Gasteiger partial charge < -0.3 is 5.32 Å². The summed E-state index contributed by atoms with van der Waals surface area (Å²) in [6, 6.07) is 31.1. The summed E-state index contributed by atoms with van der Waals surface area (Å²) in [4.78, 5) is 22.2. The summed E-state index contributed by atoms with van der Waals surface area (Å²) in [5, 5.41) is 2.97. The predicted molar refractivity (Wildman–Crippen MR) is 117 cm³/mol. The molecule has 29 heavy (non-hydrogen) atoms. The van der Waals surface area contributed by atoms with Crippen LogP contribution < -0.4 is 5.32 Å². The second-order valence-corrected chi connectivity index (χ2v) is 6.78. The minimum Gasteiger partial charge on any atom is -0.322 e. The summed E-state index contributed by atoms with van der Waals surface area (Å²) < 4.78 is 0. The molecule has 1 aromatic heterocycles. The van der Waals surface area contributed by atoms with E-state index >= 15 is 0 Å². The zero-order chi connectivity index (χ0) is 19.6. The molecule has 0 fully saturated rings. The number of rotatable bonds is 3. The highest BCUT2D eigenvalue weighted by molar-refractivity contribution is 6.12. The van der Waals surface area contributed by atoms with Gasteiger partial charge in [0.15, 0.2) is 0 Å². The summed E-state index contributed by atoms with van der Waals surface area (Å²) in [5.41, 5.74) is 6.38. The second kappa shape index (κ2) is 7.17. The van der Waals surface area contributed by atoms with Crippen molar-refractivity contribution < 1.29 is 4.79 Å². The Balaban J connectivity index is 1.46. The lowest BCUT2D eigenvalue weighted by Gasteiger charge is -2.09. The zero-order valence-electron chi connectivity index (χ0n) is 15.5. The van der Waals surface area contributed by atoms with E-state index < -0.39 is 0 Å². The molecule has 1 N–H and O–H groups in total. The topological polar surface area (TPSA) is 54.9 Å². The molecule has 0 radical (unpaired) electrons.